The van der Waals surface area contributed by atoms with Crippen molar-refractivity contribution < 1.29 is 0 Å². The van der Waals surface area contributed by atoms with Gasteiger partial charge in [0, 0.05) is 13.0 Å². The van der Waals surface area contributed by atoms with Gasteiger partial charge < -0.3 is 4.57 Å². The number of para-hydroxylation sites is 2. The molecule has 0 radical (unpaired) electrons. The van der Waals surface area contributed by atoms with Crippen molar-refractivity contribution in [3.05, 3.63) is 65.5 Å². The first-order valence-corrected chi connectivity index (χ1v) is 7.92. The zero-order valence-electron chi connectivity index (χ0n) is 13.9. The van der Waals surface area contributed by atoms with Gasteiger partial charge in [0.25, 0.3) is 0 Å². The zero-order chi connectivity index (χ0) is 15.7. The Bertz CT molecular complexity index is 791. The molecule has 0 unspecified atom stereocenters. The molecular weight excluding hydrogens is 268 g/mol. The summed E-state index contributed by atoms with van der Waals surface area (Å²) in [5, 5.41) is 0. The molecule has 0 aliphatic heterocycles. The van der Waals surface area contributed by atoms with E-state index >= 15 is 0 Å². The molecule has 0 saturated heterocycles. The van der Waals surface area contributed by atoms with E-state index < -0.39 is 0 Å². The van der Waals surface area contributed by atoms with Crippen LogP contribution in [0.3, 0.4) is 0 Å². The van der Waals surface area contributed by atoms with E-state index in [1.807, 2.05) is 0 Å². The van der Waals surface area contributed by atoms with E-state index in [2.05, 4.69) is 80.8 Å². The fraction of sp³-hybridized carbons (Fsp3) is 0.350. The van der Waals surface area contributed by atoms with Gasteiger partial charge in [0.05, 0.1) is 11.0 Å². The van der Waals surface area contributed by atoms with E-state index in [0.717, 1.165) is 18.5 Å². The van der Waals surface area contributed by atoms with Crippen molar-refractivity contribution in [2.45, 2.75) is 40.7 Å². The van der Waals surface area contributed by atoms with Gasteiger partial charge in [-0.25, -0.2) is 4.98 Å². The van der Waals surface area contributed by atoms with E-state index in [1.54, 1.807) is 0 Å². The minimum absolute atomic E-state index is 0.228. The molecule has 0 amide bonds. The zero-order valence-corrected chi connectivity index (χ0v) is 13.9. The SMILES string of the molecule is Cc1cccc(Cn2c(CC(C)(C)C)nc3ccccc32)c1. The molecule has 1 heterocycles. The molecule has 3 aromatic rings. The van der Waals surface area contributed by atoms with E-state index in [9.17, 15) is 0 Å². The third-order valence-electron chi connectivity index (χ3n) is 3.85. The van der Waals surface area contributed by atoms with Crippen LogP contribution in [0.5, 0.6) is 0 Å². The topological polar surface area (TPSA) is 17.8 Å². The first-order valence-electron chi connectivity index (χ1n) is 7.92. The molecule has 0 N–H and O–H groups in total. The summed E-state index contributed by atoms with van der Waals surface area (Å²) in [6, 6.07) is 17.2. The van der Waals surface area contributed by atoms with E-state index in [4.69, 9.17) is 4.98 Å². The third kappa shape index (κ3) is 3.22. The number of aromatic nitrogens is 2. The summed E-state index contributed by atoms with van der Waals surface area (Å²) in [6.45, 7) is 9.83. The van der Waals surface area contributed by atoms with Crippen molar-refractivity contribution in [1.82, 2.24) is 9.55 Å². The molecule has 0 saturated carbocycles. The molecule has 2 aromatic carbocycles. The summed E-state index contributed by atoms with van der Waals surface area (Å²) >= 11 is 0. The van der Waals surface area contributed by atoms with Gasteiger partial charge in [-0.3, -0.25) is 0 Å². The Morgan fingerprint density at radius 1 is 1.00 bits per heavy atom. The minimum Gasteiger partial charge on any atom is -0.323 e. The number of aryl methyl sites for hydroxylation is 1. The van der Waals surface area contributed by atoms with Crippen LogP contribution in [0.15, 0.2) is 48.5 Å². The second kappa shape index (κ2) is 5.60. The summed E-state index contributed by atoms with van der Waals surface area (Å²) in [4.78, 5) is 4.88. The number of hydrogen-bond donors (Lipinski definition) is 0. The van der Waals surface area contributed by atoms with Gasteiger partial charge in [-0.1, -0.05) is 62.7 Å². The molecule has 0 aliphatic carbocycles. The molecule has 2 nitrogen and oxygen atoms in total. The van der Waals surface area contributed by atoms with Gasteiger partial charge in [0.2, 0.25) is 0 Å². The quantitative estimate of drug-likeness (QED) is 0.665. The maximum Gasteiger partial charge on any atom is 0.110 e. The van der Waals surface area contributed by atoms with Gasteiger partial charge in [0.15, 0.2) is 0 Å². The summed E-state index contributed by atoms with van der Waals surface area (Å²) in [7, 11) is 0. The molecule has 2 heteroatoms. The Morgan fingerprint density at radius 3 is 2.50 bits per heavy atom. The maximum absolute atomic E-state index is 4.88. The Morgan fingerprint density at radius 2 is 1.77 bits per heavy atom. The first kappa shape index (κ1) is 14.8. The highest BCUT2D eigenvalue weighted by Gasteiger charge is 2.18. The average Bonchev–Trinajstić information content (AvgIpc) is 2.75. The predicted octanol–water partition coefficient (Wildman–Crippen LogP) is 4.98. The van der Waals surface area contributed by atoms with Crippen LogP contribution in [0.1, 0.15) is 37.7 Å². The number of imidazole rings is 1. The Kier molecular flexibility index (Phi) is 3.78. The molecule has 0 fully saturated rings. The maximum atomic E-state index is 4.88. The third-order valence-corrected chi connectivity index (χ3v) is 3.85. The molecule has 0 bridgehead atoms. The first-order chi connectivity index (χ1) is 10.4. The molecule has 3 rings (SSSR count). The van der Waals surface area contributed by atoms with Crippen LogP contribution in [0.2, 0.25) is 0 Å². The number of benzene rings is 2. The lowest BCUT2D eigenvalue weighted by molar-refractivity contribution is 0.394. The molecule has 0 spiro atoms. The molecule has 0 atom stereocenters. The Labute approximate surface area is 132 Å². The predicted molar refractivity (Wildman–Crippen MR) is 93.2 cm³/mol. The standard InChI is InChI=1S/C20H24N2/c1-15-8-7-9-16(12-15)14-22-18-11-6-5-10-17(18)21-19(22)13-20(2,3)4/h5-12H,13-14H2,1-4H3. The highest BCUT2D eigenvalue weighted by atomic mass is 15.1. The summed E-state index contributed by atoms with van der Waals surface area (Å²) in [5.41, 5.74) is 5.18. The van der Waals surface area contributed by atoms with Crippen LogP contribution in [0, 0.1) is 12.3 Å². The molecule has 114 valence electrons. The van der Waals surface area contributed by atoms with Crippen LogP contribution >= 0.6 is 0 Å². The Hall–Kier alpha value is -2.09. The van der Waals surface area contributed by atoms with Crippen LogP contribution in [-0.4, -0.2) is 9.55 Å². The van der Waals surface area contributed by atoms with E-state index in [-0.39, 0.29) is 5.41 Å². The van der Waals surface area contributed by atoms with Crippen molar-refractivity contribution in [2.24, 2.45) is 5.41 Å². The van der Waals surface area contributed by atoms with Gasteiger partial charge in [0.1, 0.15) is 5.82 Å². The van der Waals surface area contributed by atoms with Crippen LogP contribution in [0.4, 0.5) is 0 Å². The number of fused-ring (bicyclic) bond motifs is 1. The number of rotatable bonds is 3. The van der Waals surface area contributed by atoms with E-state index in [1.165, 1.54) is 22.5 Å². The Balaban J connectivity index is 2.07. The summed E-state index contributed by atoms with van der Waals surface area (Å²) < 4.78 is 2.37. The van der Waals surface area contributed by atoms with Crippen molar-refractivity contribution in [1.29, 1.82) is 0 Å². The van der Waals surface area contributed by atoms with Crippen molar-refractivity contribution in [3.8, 4) is 0 Å². The van der Waals surface area contributed by atoms with Gasteiger partial charge >= 0.3 is 0 Å². The number of hydrogen-bond acceptors (Lipinski definition) is 1. The van der Waals surface area contributed by atoms with Crippen LogP contribution in [-0.2, 0) is 13.0 Å². The van der Waals surface area contributed by atoms with Gasteiger partial charge in [-0.2, -0.15) is 0 Å². The highest BCUT2D eigenvalue weighted by Crippen LogP contribution is 2.25. The fourth-order valence-electron chi connectivity index (χ4n) is 2.90. The van der Waals surface area contributed by atoms with Gasteiger partial charge in [-0.05, 0) is 30.0 Å². The molecule has 1 aromatic heterocycles. The van der Waals surface area contributed by atoms with Crippen molar-refractivity contribution in [3.63, 3.8) is 0 Å². The highest BCUT2D eigenvalue weighted by molar-refractivity contribution is 5.76. The molecule has 0 aliphatic rings. The van der Waals surface area contributed by atoms with Crippen molar-refractivity contribution >= 4 is 11.0 Å². The lowest BCUT2D eigenvalue weighted by atomic mass is 9.92. The summed E-state index contributed by atoms with van der Waals surface area (Å²) in [6.07, 6.45) is 0.980. The lowest BCUT2D eigenvalue weighted by Crippen LogP contribution is -2.15. The van der Waals surface area contributed by atoms with E-state index in [0.29, 0.717) is 0 Å². The van der Waals surface area contributed by atoms with Crippen LogP contribution in [0.25, 0.3) is 11.0 Å². The normalized spacial score (nSPS) is 12.0. The number of nitrogens with zero attached hydrogens (tertiary/aromatic N) is 2. The smallest absolute Gasteiger partial charge is 0.110 e. The minimum atomic E-state index is 0.228. The second-order valence-corrected chi connectivity index (χ2v) is 7.33. The molecule has 22 heavy (non-hydrogen) atoms. The van der Waals surface area contributed by atoms with Gasteiger partial charge in [-0.15, -0.1) is 0 Å². The monoisotopic (exact) mass is 292 g/mol. The average molecular weight is 292 g/mol. The lowest BCUT2D eigenvalue weighted by Gasteiger charge is -2.19. The van der Waals surface area contributed by atoms with Crippen molar-refractivity contribution in [2.75, 3.05) is 0 Å². The molecular formula is C20H24N2. The fourth-order valence-corrected chi connectivity index (χ4v) is 2.90. The second-order valence-electron chi connectivity index (χ2n) is 7.33. The van der Waals surface area contributed by atoms with Crippen LogP contribution < -0.4 is 0 Å². The summed E-state index contributed by atoms with van der Waals surface area (Å²) in [5.74, 6) is 1.18. The largest absolute Gasteiger partial charge is 0.323 e.